The number of nitrogens with zero attached hydrogens (tertiary/aromatic N) is 3. The molecule has 1 saturated heterocycles. The van der Waals surface area contributed by atoms with Crippen LogP contribution in [-0.2, 0) is 10.2 Å². The molecule has 7 heteroatoms. The quantitative estimate of drug-likeness (QED) is 0.580. The summed E-state index contributed by atoms with van der Waals surface area (Å²) < 4.78 is 0. The Morgan fingerprint density at radius 2 is 1.79 bits per heavy atom. The highest BCUT2D eigenvalue weighted by molar-refractivity contribution is 7.14. The van der Waals surface area contributed by atoms with Crippen molar-refractivity contribution in [2.45, 2.75) is 83.2 Å². The van der Waals surface area contributed by atoms with Gasteiger partial charge in [0.15, 0.2) is 5.13 Å². The van der Waals surface area contributed by atoms with Crippen molar-refractivity contribution in [1.82, 2.24) is 14.8 Å². The third-order valence-electron chi connectivity index (χ3n) is 7.31. The molecule has 0 spiro atoms. The molecule has 184 valence electrons. The van der Waals surface area contributed by atoms with Crippen LogP contribution in [0.1, 0.15) is 93.4 Å². The zero-order valence-corrected chi connectivity index (χ0v) is 21.8. The maximum atomic E-state index is 13.0. The van der Waals surface area contributed by atoms with Gasteiger partial charge in [-0.2, -0.15) is 0 Å². The van der Waals surface area contributed by atoms with Gasteiger partial charge in [0.25, 0.3) is 5.91 Å². The summed E-state index contributed by atoms with van der Waals surface area (Å²) in [5.41, 5.74) is 2.84. The predicted octanol–water partition coefficient (Wildman–Crippen LogP) is 5.62. The van der Waals surface area contributed by atoms with Crippen LogP contribution in [0.4, 0.5) is 5.13 Å². The average Bonchev–Trinajstić information content (AvgIpc) is 3.48. The first-order valence-corrected chi connectivity index (χ1v) is 13.5. The van der Waals surface area contributed by atoms with E-state index in [1.165, 1.54) is 36.2 Å². The van der Waals surface area contributed by atoms with Crippen LogP contribution >= 0.6 is 11.3 Å². The predicted molar refractivity (Wildman–Crippen MR) is 138 cm³/mol. The number of rotatable bonds is 6. The van der Waals surface area contributed by atoms with E-state index < -0.39 is 0 Å². The average molecular weight is 483 g/mol. The fraction of sp³-hybridized carbons (Fsp3) is 0.593. The van der Waals surface area contributed by atoms with Crippen molar-refractivity contribution in [3.63, 3.8) is 0 Å². The zero-order chi connectivity index (χ0) is 24.3. The Morgan fingerprint density at radius 1 is 1.09 bits per heavy atom. The van der Waals surface area contributed by atoms with Gasteiger partial charge in [0.05, 0.1) is 18.3 Å². The second-order valence-corrected chi connectivity index (χ2v) is 11.6. The molecule has 2 amide bonds. The third kappa shape index (κ3) is 5.87. The number of anilines is 1. The van der Waals surface area contributed by atoms with Crippen LogP contribution < -0.4 is 5.32 Å². The fourth-order valence-electron chi connectivity index (χ4n) is 5.10. The van der Waals surface area contributed by atoms with Gasteiger partial charge in [-0.05, 0) is 55.3 Å². The fourth-order valence-corrected chi connectivity index (χ4v) is 5.85. The second-order valence-electron chi connectivity index (χ2n) is 10.8. The van der Waals surface area contributed by atoms with Gasteiger partial charge >= 0.3 is 0 Å². The van der Waals surface area contributed by atoms with Gasteiger partial charge in [0.1, 0.15) is 0 Å². The Bertz CT molecular complexity index is 989. The van der Waals surface area contributed by atoms with Gasteiger partial charge in [-0.3, -0.25) is 19.8 Å². The molecule has 6 nitrogen and oxygen atoms in total. The summed E-state index contributed by atoms with van der Waals surface area (Å²) >= 11 is 1.45. The molecule has 0 unspecified atom stereocenters. The first-order valence-electron chi connectivity index (χ1n) is 12.6. The second kappa shape index (κ2) is 10.6. The summed E-state index contributed by atoms with van der Waals surface area (Å²) in [5.74, 6) is 0.0650. The lowest BCUT2D eigenvalue weighted by atomic mass is 9.87. The molecule has 1 N–H and O–H groups in total. The highest BCUT2D eigenvalue weighted by atomic mass is 32.1. The van der Waals surface area contributed by atoms with Crippen LogP contribution in [0.3, 0.4) is 0 Å². The maximum Gasteiger partial charge on any atom is 0.257 e. The van der Waals surface area contributed by atoms with Crippen LogP contribution in [0, 0.1) is 0 Å². The van der Waals surface area contributed by atoms with Crippen LogP contribution in [-0.4, -0.2) is 52.8 Å². The normalized spacial score (nSPS) is 19.8. The number of benzene rings is 1. The molecule has 2 heterocycles. The smallest absolute Gasteiger partial charge is 0.257 e. The van der Waals surface area contributed by atoms with Gasteiger partial charge in [0, 0.05) is 24.0 Å². The lowest BCUT2D eigenvalue weighted by Gasteiger charge is -2.33. The zero-order valence-electron chi connectivity index (χ0n) is 21.0. The van der Waals surface area contributed by atoms with E-state index in [0.717, 1.165) is 37.9 Å². The molecule has 1 aliphatic heterocycles. The lowest BCUT2D eigenvalue weighted by Crippen LogP contribution is -2.44. The molecule has 2 aromatic rings. The number of likely N-dealkylation sites (tertiary alicyclic amines) is 1. The standard InChI is InChI=1S/C27H38N4O2S/c1-27(2,3)20-14-12-19(13-15-20)25(33)29-26-28-22(18-34-26)23-11-8-16-31(23)17-24(32)30(4)21-9-6-5-7-10-21/h12-15,18,21,23H,5-11,16-17H2,1-4H3,(H,28,29,33)/t23-/m0/s1. The SMILES string of the molecule is CN(C(=O)CN1CCC[C@H]1c1csc(NC(=O)c2ccc(C(C)(C)C)cc2)n1)C1CCCCC1. The topological polar surface area (TPSA) is 65.5 Å². The van der Waals surface area contributed by atoms with Crippen molar-refractivity contribution in [3.05, 3.63) is 46.5 Å². The van der Waals surface area contributed by atoms with Gasteiger partial charge < -0.3 is 4.90 Å². The van der Waals surface area contributed by atoms with Crippen molar-refractivity contribution < 1.29 is 9.59 Å². The molecule has 1 aromatic carbocycles. The van der Waals surface area contributed by atoms with Crippen LogP contribution in [0.15, 0.2) is 29.6 Å². The number of hydrogen-bond acceptors (Lipinski definition) is 5. The van der Waals surface area contributed by atoms with E-state index in [2.05, 4.69) is 31.0 Å². The van der Waals surface area contributed by atoms with E-state index in [4.69, 9.17) is 4.98 Å². The van der Waals surface area contributed by atoms with Crippen molar-refractivity contribution in [3.8, 4) is 0 Å². The van der Waals surface area contributed by atoms with Crippen LogP contribution in [0.5, 0.6) is 0 Å². The van der Waals surface area contributed by atoms with E-state index >= 15 is 0 Å². The molecule has 2 fully saturated rings. The number of carbonyl (C=O) groups excluding carboxylic acids is 2. The highest BCUT2D eigenvalue weighted by Gasteiger charge is 2.31. The van der Waals surface area contributed by atoms with E-state index in [1.807, 2.05) is 41.6 Å². The summed E-state index contributed by atoms with van der Waals surface area (Å²) in [5, 5.41) is 5.59. The molecule has 1 atom stereocenters. The number of nitrogens with one attached hydrogen (secondary N) is 1. The highest BCUT2D eigenvalue weighted by Crippen LogP contribution is 2.34. The molecule has 1 aromatic heterocycles. The molecule has 4 rings (SSSR count). The Morgan fingerprint density at radius 3 is 2.47 bits per heavy atom. The third-order valence-corrected chi connectivity index (χ3v) is 8.09. The van der Waals surface area contributed by atoms with E-state index in [-0.39, 0.29) is 23.3 Å². The minimum atomic E-state index is -0.145. The summed E-state index contributed by atoms with van der Waals surface area (Å²) in [6.45, 7) is 7.83. The molecule has 0 bridgehead atoms. The molecule has 34 heavy (non-hydrogen) atoms. The number of aromatic nitrogens is 1. The van der Waals surface area contributed by atoms with Crippen LogP contribution in [0.2, 0.25) is 0 Å². The van der Waals surface area contributed by atoms with Crippen molar-refractivity contribution in [2.24, 2.45) is 0 Å². The first-order chi connectivity index (χ1) is 16.2. The van der Waals surface area contributed by atoms with Crippen molar-refractivity contribution in [2.75, 3.05) is 25.5 Å². The van der Waals surface area contributed by atoms with Gasteiger partial charge in [-0.15, -0.1) is 11.3 Å². The van der Waals surface area contributed by atoms with Gasteiger partial charge in [-0.25, -0.2) is 4.98 Å². The molecular formula is C27H38N4O2S. The number of amides is 2. The molecular weight excluding hydrogens is 444 g/mol. The monoisotopic (exact) mass is 482 g/mol. The summed E-state index contributed by atoms with van der Waals surface area (Å²) in [4.78, 5) is 34.7. The number of likely N-dealkylation sites (N-methyl/N-ethyl adjacent to an activating group) is 1. The number of hydrogen-bond donors (Lipinski definition) is 1. The van der Waals surface area contributed by atoms with Gasteiger partial charge in [-0.1, -0.05) is 52.2 Å². The summed E-state index contributed by atoms with van der Waals surface area (Å²) in [7, 11) is 1.97. The summed E-state index contributed by atoms with van der Waals surface area (Å²) in [6, 6.07) is 8.30. The Balaban J connectivity index is 1.36. The number of thiazole rings is 1. The van der Waals surface area contributed by atoms with Crippen LogP contribution in [0.25, 0.3) is 0 Å². The van der Waals surface area contributed by atoms with Crippen molar-refractivity contribution >= 4 is 28.3 Å². The van der Waals surface area contributed by atoms with E-state index in [1.54, 1.807) is 0 Å². The first kappa shape index (κ1) is 24.9. The van der Waals surface area contributed by atoms with E-state index in [0.29, 0.717) is 23.3 Å². The Hall–Kier alpha value is -2.25. The van der Waals surface area contributed by atoms with Gasteiger partial charge in [0.2, 0.25) is 5.91 Å². The van der Waals surface area contributed by atoms with Crippen molar-refractivity contribution in [1.29, 1.82) is 0 Å². The molecule has 1 saturated carbocycles. The Labute approximate surface area is 207 Å². The molecule has 2 aliphatic rings. The summed E-state index contributed by atoms with van der Waals surface area (Å²) in [6.07, 6.45) is 8.04. The minimum Gasteiger partial charge on any atom is -0.342 e. The number of carbonyl (C=O) groups is 2. The lowest BCUT2D eigenvalue weighted by molar-refractivity contribution is -0.134. The maximum absolute atomic E-state index is 13.0. The molecule has 0 radical (unpaired) electrons. The largest absolute Gasteiger partial charge is 0.342 e. The Kier molecular flexibility index (Phi) is 7.73. The molecule has 1 aliphatic carbocycles. The van der Waals surface area contributed by atoms with E-state index in [9.17, 15) is 9.59 Å². The minimum absolute atomic E-state index is 0.0545.